The van der Waals surface area contributed by atoms with Gasteiger partial charge >= 0.3 is 6.09 Å². The molecule has 0 bridgehead atoms. The van der Waals surface area contributed by atoms with E-state index in [4.69, 9.17) is 4.74 Å². The summed E-state index contributed by atoms with van der Waals surface area (Å²) in [6.45, 7) is 7.64. The van der Waals surface area contributed by atoms with Crippen LogP contribution < -0.4 is 0 Å². The zero-order valence-corrected chi connectivity index (χ0v) is 13.5. The van der Waals surface area contributed by atoms with E-state index in [1.807, 2.05) is 25.7 Å². The molecule has 0 aromatic rings. The number of carbonyl (C=O) groups excluding carboxylic acids is 1. The van der Waals surface area contributed by atoms with Gasteiger partial charge in [0.25, 0.3) is 0 Å². The van der Waals surface area contributed by atoms with Gasteiger partial charge in [0.2, 0.25) is 0 Å². The first-order valence-corrected chi connectivity index (χ1v) is 8.38. The summed E-state index contributed by atoms with van der Waals surface area (Å²) in [4.78, 5) is 14.4. The van der Waals surface area contributed by atoms with Crippen molar-refractivity contribution in [1.82, 2.24) is 4.90 Å². The third-order valence-electron chi connectivity index (χ3n) is 4.73. The number of hydrogen-bond acceptors (Lipinski definition) is 2. The van der Waals surface area contributed by atoms with Crippen molar-refractivity contribution in [3.8, 4) is 0 Å². The van der Waals surface area contributed by atoms with Gasteiger partial charge in [0.05, 0.1) is 0 Å². The lowest BCUT2D eigenvalue weighted by Crippen LogP contribution is -2.43. The molecule has 1 saturated carbocycles. The second kappa shape index (κ2) is 6.36. The molecule has 2 rings (SSSR count). The van der Waals surface area contributed by atoms with Crippen LogP contribution in [0.5, 0.6) is 0 Å². The molecule has 20 heavy (non-hydrogen) atoms. The van der Waals surface area contributed by atoms with Crippen LogP contribution in [0.4, 0.5) is 4.79 Å². The van der Waals surface area contributed by atoms with Crippen LogP contribution in [0.15, 0.2) is 0 Å². The standard InChI is InChI=1S/C17H31NO2/c1-16(2,3)20-15(19)18-13-9-5-4-6-10-17(14-18)11-7-8-12-17/h4-14H2,1-3H3. The molecular formula is C17H31NO2. The van der Waals surface area contributed by atoms with Crippen molar-refractivity contribution in [3.63, 3.8) is 0 Å². The minimum atomic E-state index is -0.391. The molecular weight excluding hydrogens is 250 g/mol. The maximum Gasteiger partial charge on any atom is 0.410 e. The van der Waals surface area contributed by atoms with Gasteiger partial charge in [-0.15, -0.1) is 0 Å². The number of rotatable bonds is 0. The van der Waals surface area contributed by atoms with E-state index in [1.165, 1.54) is 51.4 Å². The molecule has 1 heterocycles. The lowest BCUT2D eigenvalue weighted by atomic mass is 9.80. The summed E-state index contributed by atoms with van der Waals surface area (Å²) in [5.74, 6) is 0. The fourth-order valence-electron chi connectivity index (χ4n) is 3.73. The molecule has 1 aliphatic carbocycles. The SMILES string of the molecule is CC(C)(C)OC(=O)N1CCCCCCC2(CCCC2)C1. The fraction of sp³-hybridized carbons (Fsp3) is 0.941. The Labute approximate surface area is 124 Å². The smallest absolute Gasteiger partial charge is 0.410 e. The Morgan fingerprint density at radius 2 is 1.50 bits per heavy atom. The Kier molecular flexibility index (Phi) is 4.98. The van der Waals surface area contributed by atoms with Gasteiger partial charge < -0.3 is 9.64 Å². The van der Waals surface area contributed by atoms with Crippen molar-refractivity contribution >= 4 is 6.09 Å². The molecule has 0 radical (unpaired) electrons. The number of amides is 1. The van der Waals surface area contributed by atoms with Gasteiger partial charge in [-0.3, -0.25) is 0 Å². The highest BCUT2D eigenvalue weighted by molar-refractivity contribution is 5.68. The number of hydrogen-bond donors (Lipinski definition) is 0. The number of nitrogens with zero attached hydrogens (tertiary/aromatic N) is 1. The number of ether oxygens (including phenoxy) is 1. The van der Waals surface area contributed by atoms with E-state index in [0.29, 0.717) is 5.41 Å². The maximum atomic E-state index is 12.4. The van der Waals surface area contributed by atoms with Crippen molar-refractivity contribution < 1.29 is 9.53 Å². The Hall–Kier alpha value is -0.730. The Bertz CT molecular complexity index is 326. The fourth-order valence-corrected chi connectivity index (χ4v) is 3.73. The van der Waals surface area contributed by atoms with E-state index >= 15 is 0 Å². The minimum absolute atomic E-state index is 0.106. The molecule has 3 nitrogen and oxygen atoms in total. The lowest BCUT2D eigenvalue weighted by molar-refractivity contribution is 0.0153. The first-order chi connectivity index (χ1) is 9.40. The van der Waals surface area contributed by atoms with Crippen molar-refractivity contribution in [2.45, 2.75) is 84.2 Å². The second-order valence-electron chi connectivity index (χ2n) is 7.77. The van der Waals surface area contributed by atoms with Gasteiger partial charge in [-0.25, -0.2) is 4.79 Å². The molecule has 0 unspecified atom stereocenters. The maximum absolute atomic E-state index is 12.4. The highest BCUT2D eigenvalue weighted by Gasteiger charge is 2.37. The summed E-state index contributed by atoms with van der Waals surface area (Å²) in [6.07, 6.45) is 11.5. The van der Waals surface area contributed by atoms with E-state index in [9.17, 15) is 4.79 Å². The second-order valence-corrected chi connectivity index (χ2v) is 7.77. The molecule has 0 N–H and O–H groups in total. The van der Waals surface area contributed by atoms with E-state index in [-0.39, 0.29) is 6.09 Å². The van der Waals surface area contributed by atoms with Gasteiger partial charge in [-0.1, -0.05) is 32.1 Å². The Morgan fingerprint density at radius 1 is 0.950 bits per heavy atom. The number of carbonyl (C=O) groups is 1. The zero-order chi connectivity index (χ0) is 14.6. The summed E-state index contributed by atoms with van der Waals surface area (Å²) < 4.78 is 5.60. The molecule has 0 aromatic heterocycles. The predicted molar refractivity (Wildman–Crippen MR) is 81.8 cm³/mol. The molecule has 2 fully saturated rings. The summed E-state index contributed by atoms with van der Waals surface area (Å²) in [6, 6.07) is 0. The van der Waals surface area contributed by atoms with Crippen LogP contribution in [0.25, 0.3) is 0 Å². The highest BCUT2D eigenvalue weighted by Crippen LogP contribution is 2.43. The minimum Gasteiger partial charge on any atom is -0.444 e. The highest BCUT2D eigenvalue weighted by atomic mass is 16.6. The van der Waals surface area contributed by atoms with Crippen LogP contribution in [0.2, 0.25) is 0 Å². The molecule has 1 spiro atoms. The van der Waals surface area contributed by atoms with E-state index in [2.05, 4.69) is 0 Å². The molecule has 2 aliphatic rings. The van der Waals surface area contributed by atoms with Crippen molar-refractivity contribution in [2.24, 2.45) is 5.41 Å². The molecule has 116 valence electrons. The van der Waals surface area contributed by atoms with Crippen LogP contribution in [0, 0.1) is 5.41 Å². The van der Waals surface area contributed by atoms with Crippen molar-refractivity contribution in [1.29, 1.82) is 0 Å². The van der Waals surface area contributed by atoms with Crippen LogP contribution in [0.1, 0.15) is 78.6 Å². The first-order valence-electron chi connectivity index (χ1n) is 8.38. The largest absolute Gasteiger partial charge is 0.444 e. The Morgan fingerprint density at radius 3 is 2.10 bits per heavy atom. The first kappa shape index (κ1) is 15.7. The van der Waals surface area contributed by atoms with Crippen LogP contribution in [-0.4, -0.2) is 29.7 Å². The van der Waals surface area contributed by atoms with Crippen LogP contribution >= 0.6 is 0 Å². The van der Waals surface area contributed by atoms with Crippen molar-refractivity contribution in [2.75, 3.05) is 13.1 Å². The quantitative estimate of drug-likeness (QED) is 0.641. The average Bonchev–Trinajstić information content (AvgIpc) is 2.81. The monoisotopic (exact) mass is 281 g/mol. The van der Waals surface area contributed by atoms with E-state index in [1.54, 1.807) is 0 Å². The van der Waals surface area contributed by atoms with Gasteiger partial charge in [-0.2, -0.15) is 0 Å². The van der Waals surface area contributed by atoms with Gasteiger partial charge in [0.15, 0.2) is 0 Å². The predicted octanol–water partition coefficient (Wildman–Crippen LogP) is 4.75. The van der Waals surface area contributed by atoms with Crippen LogP contribution in [-0.2, 0) is 4.74 Å². The topological polar surface area (TPSA) is 29.5 Å². The Balaban J connectivity index is 2.05. The third-order valence-corrected chi connectivity index (χ3v) is 4.73. The van der Waals surface area contributed by atoms with Gasteiger partial charge in [0.1, 0.15) is 5.60 Å². The molecule has 1 saturated heterocycles. The van der Waals surface area contributed by atoms with Gasteiger partial charge in [0, 0.05) is 13.1 Å². The summed E-state index contributed by atoms with van der Waals surface area (Å²) in [7, 11) is 0. The molecule has 0 aromatic carbocycles. The van der Waals surface area contributed by atoms with E-state index in [0.717, 1.165) is 19.5 Å². The molecule has 1 amide bonds. The normalized spacial score (nSPS) is 24.1. The average molecular weight is 281 g/mol. The summed E-state index contributed by atoms with van der Waals surface area (Å²) >= 11 is 0. The molecule has 0 atom stereocenters. The van der Waals surface area contributed by atoms with Crippen molar-refractivity contribution in [3.05, 3.63) is 0 Å². The van der Waals surface area contributed by atoms with Crippen LogP contribution in [0.3, 0.4) is 0 Å². The summed E-state index contributed by atoms with van der Waals surface area (Å²) in [5, 5.41) is 0. The summed E-state index contributed by atoms with van der Waals surface area (Å²) in [5.41, 5.74) is -0.000401. The zero-order valence-electron chi connectivity index (χ0n) is 13.5. The van der Waals surface area contributed by atoms with Gasteiger partial charge in [-0.05, 0) is 51.9 Å². The van der Waals surface area contributed by atoms with E-state index < -0.39 is 5.60 Å². The molecule has 3 heteroatoms. The molecule has 1 aliphatic heterocycles. The lowest BCUT2D eigenvalue weighted by Gasteiger charge is -2.35. The third kappa shape index (κ3) is 4.39.